The van der Waals surface area contributed by atoms with Crippen molar-refractivity contribution in [2.75, 3.05) is 0 Å². The van der Waals surface area contributed by atoms with Gasteiger partial charge in [0.25, 0.3) is 0 Å². The van der Waals surface area contributed by atoms with Crippen LogP contribution in [0, 0.1) is 23.2 Å². The normalized spacial score (nSPS) is 33.0. The molecule has 0 heterocycles. The lowest BCUT2D eigenvalue weighted by Gasteiger charge is -2.34. The van der Waals surface area contributed by atoms with Crippen molar-refractivity contribution in [2.24, 2.45) is 11.8 Å². The molecule has 0 amide bonds. The number of nitrogens with zero attached hydrogens (tertiary/aromatic N) is 1. The summed E-state index contributed by atoms with van der Waals surface area (Å²) in [6.45, 7) is 5.64. The van der Waals surface area contributed by atoms with Gasteiger partial charge in [-0.1, -0.05) is 26.7 Å². The Labute approximate surface area is 98.1 Å². The second kappa shape index (κ2) is 5.15. The maximum absolute atomic E-state index is 11.7. The Morgan fingerprint density at radius 3 is 2.56 bits per heavy atom. The maximum atomic E-state index is 11.7. The molecule has 0 radical (unpaired) electrons. The molecule has 0 aromatic carbocycles. The molecule has 1 aliphatic carbocycles. The van der Waals surface area contributed by atoms with Crippen LogP contribution in [0.3, 0.4) is 0 Å². The number of hydrogen-bond donors (Lipinski definition) is 1. The van der Waals surface area contributed by atoms with Crippen LogP contribution in [-0.2, 0) is 10.0 Å². The first-order valence-electron chi connectivity index (χ1n) is 5.79. The van der Waals surface area contributed by atoms with E-state index in [2.05, 4.69) is 18.6 Å². The van der Waals surface area contributed by atoms with Gasteiger partial charge in [-0.2, -0.15) is 5.26 Å². The standard InChI is InChI=1S/C11H20N2O2S/c1-8-5-4-6-11(10(8)3)13-16(14,15)9(2)7-12/h8-11,13H,4-6H2,1-3H3. The Bertz CT molecular complexity index is 372. The molecule has 0 aromatic rings. The molecular weight excluding hydrogens is 224 g/mol. The Morgan fingerprint density at radius 2 is 2.00 bits per heavy atom. The molecule has 1 N–H and O–H groups in total. The quantitative estimate of drug-likeness (QED) is 0.820. The number of nitrogens with one attached hydrogen (secondary N) is 1. The largest absolute Gasteiger partial charge is 0.227 e. The predicted molar refractivity (Wildman–Crippen MR) is 63.1 cm³/mol. The van der Waals surface area contributed by atoms with Gasteiger partial charge < -0.3 is 0 Å². The van der Waals surface area contributed by atoms with Gasteiger partial charge in [0.05, 0.1) is 6.07 Å². The SMILES string of the molecule is CC1CCCC(NS(=O)(=O)C(C)C#N)C1C. The maximum Gasteiger partial charge on any atom is 0.227 e. The van der Waals surface area contributed by atoms with Crippen LogP contribution < -0.4 is 4.72 Å². The molecular formula is C11H20N2O2S. The molecule has 1 fully saturated rings. The second-order valence-electron chi connectivity index (χ2n) is 4.81. The molecule has 0 aromatic heterocycles. The van der Waals surface area contributed by atoms with Crippen LogP contribution in [0.1, 0.15) is 40.0 Å². The second-order valence-corrected chi connectivity index (χ2v) is 6.84. The Balaban J connectivity index is 2.71. The average molecular weight is 244 g/mol. The lowest BCUT2D eigenvalue weighted by atomic mass is 9.78. The van der Waals surface area contributed by atoms with Gasteiger partial charge in [-0.25, -0.2) is 13.1 Å². The van der Waals surface area contributed by atoms with E-state index in [9.17, 15) is 8.42 Å². The molecule has 4 atom stereocenters. The summed E-state index contributed by atoms with van der Waals surface area (Å²) in [6, 6.07) is 1.76. The van der Waals surface area contributed by atoms with Crippen LogP contribution in [0.25, 0.3) is 0 Å². The van der Waals surface area contributed by atoms with E-state index < -0.39 is 15.3 Å². The van der Waals surface area contributed by atoms with Gasteiger partial charge in [0.2, 0.25) is 10.0 Å². The third-order valence-corrected chi connectivity index (χ3v) is 5.34. The third-order valence-electron chi connectivity index (χ3n) is 3.67. The summed E-state index contributed by atoms with van der Waals surface area (Å²) in [6.07, 6.45) is 3.09. The van der Waals surface area contributed by atoms with Crippen molar-refractivity contribution in [1.29, 1.82) is 5.26 Å². The number of hydrogen-bond acceptors (Lipinski definition) is 3. The number of rotatable bonds is 3. The van der Waals surface area contributed by atoms with E-state index in [0.717, 1.165) is 19.3 Å². The van der Waals surface area contributed by atoms with Crippen molar-refractivity contribution in [3.8, 4) is 6.07 Å². The third kappa shape index (κ3) is 2.96. The van der Waals surface area contributed by atoms with E-state index in [4.69, 9.17) is 5.26 Å². The molecule has 1 aliphatic rings. The van der Waals surface area contributed by atoms with Gasteiger partial charge in [0, 0.05) is 6.04 Å². The predicted octanol–water partition coefficient (Wildman–Crippen LogP) is 1.64. The topological polar surface area (TPSA) is 70.0 Å². The highest BCUT2D eigenvalue weighted by Crippen LogP contribution is 2.30. The summed E-state index contributed by atoms with van der Waals surface area (Å²) in [4.78, 5) is 0. The minimum Gasteiger partial charge on any atom is -0.211 e. The zero-order valence-electron chi connectivity index (χ0n) is 10.1. The Kier molecular flexibility index (Phi) is 4.34. The van der Waals surface area contributed by atoms with Crippen LogP contribution in [0.4, 0.5) is 0 Å². The first-order chi connectivity index (χ1) is 7.38. The molecule has 1 rings (SSSR count). The molecule has 0 spiro atoms. The van der Waals surface area contributed by atoms with Crippen LogP contribution in [0.5, 0.6) is 0 Å². The molecule has 4 nitrogen and oxygen atoms in total. The van der Waals surface area contributed by atoms with E-state index in [1.807, 2.05) is 0 Å². The molecule has 0 bridgehead atoms. The van der Waals surface area contributed by atoms with E-state index >= 15 is 0 Å². The average Bonchev–Trinajstić information content (AvgIpc) is 2.23. The van der Waals surface area contributed by atoms with Crippen LogP contribution in [0.2, 0.25) is 0 Å². The summed E-state index contributed by atoms with van der Waals surface area (Å²) >= 11 is 0. The monoisotopic (exact) mass is 244 g/mol. The summed E-state index contributed by atoms with van der Waals surface area (Å²) in [5, 5.41) is 7.67. The highest BCUT2D eigenvalue weighted by molar-refractivity contribution is 7.90. The molecule has 4 unspecified atom stereocenters. The van der Waals surface area contributed by atoms with Crippen molar-refractivity contribution < 1.29 is 8.42 Å². The van der Waals surface area contributed by atoms with Gasteiger partial charge in [0.1, 0.15) is 0 Å². The zero-order chi connectivity index (χ0) is 12.3. The minimum atomic E-state index is -3.48. The summed E-state index contributed by atoms with van der Waals surface area (Å²) < 4.78 is 26.2. The van der Waals surface area contributed by atoms with Gasteiger partial charge in [-0.05, 0) is 25.2 Å². The van der Waals surface area contributed by atoms with Gasteiger partial charge in [0.15, 0.2) is 5.25 Å². The Morgan fingerprint density at radius 1 is 1.38 bits per heavy atom. The van der Waals surface area contributed by atoms with E-state index in [1.54, 1.807) is 6.07 Å². The molecule has 92 valence electrons. The highest BCUT2D eigenvalue weighted by Gasteiger charge is 2.32. The van der Waals surface area contributed by atoms with Crippen molar-refractivity contribution >= 4 is 10.0 Å². The highest BCUT2D eigenvalue weighted by atomic mass is 32.2. The van der Waals surface area contributed by atoms with E-state index in [0.29, 0.717) is 11.8 Å². The fraction of sp³-hybridized carbons (Fsp3) is 0.909. The summed E-state index contributed by atoms with van der Waals surface area (Å²) in [5.74, 6) is 0.883. The molecule has 0 aliphatic heterocycles. The zero-order valence-corrected chi connectivity index (χ0v) is 10.9. The van der Waals surface area contributed by atoms with E-state index in [1.165, 1.54) is 6.92 Å². The van der Waals surface area contributed by atoms with Crippen molar-refractivity contribution in [1.82, 2.24) is 4.72 Å². The lowest BCUT2D eigenvalue weighted by molar-refractivity contribution is 0.226. The summed E-state index contributed by atoms with van der Waals surface area (Å²) in [5.41, 5.74) is 0. The van der Waals surface area contributed by atoms with Crippen molar-refractivity contribution in [3.05, 3.63) is 0 Å². The molecule has 0 saturated heterocycles. The van der Waals surface area contributed by atoms with Gasteiger partial charge in [-0.3, -0.25) is 0 Å². The first kappa shape index (κ1) is 13.5. The van der Waals surface area contributed by atoms with Crippen molar-refractivity contribution in [3.63, 3.8) is 0 Å². The fourth-order valence-corrected chi connectivity index (χ4v) is 3.23. The first-order valence-corrected chi connectivity index (χ1v) is 7.34. The Hall–Kier alpha value is -0.600. The van der Waals surface area contributed by atoms with Crippen LogP contribution >= 0.6 is 0 Å². The van der Waals surface area contributed by atoms with Gasteiger partial charge >= 0.3 is 0 Å². The van der Waals surface area contributed by atoms with Crippen LogP contribution in [-0.4, -0.2) is 19.7 Å². The summed E-state index contributed by atoms with van der Waals surface area (Å²) in [7, 11) is -3.48. The molecule has 1 saturated carbocycles. The van der Waals surface area contributed by atoms with Crippen LogP contribution in [0.15, 0.2) is 0 Å². The minimum absolute atomic E-state index is 0.00968. The van der Waals surface area contributed by atoms with Gasteiger partial charge in [-0.15, -0.1) is 0 Å². The smallest absolute Gasteiger partial charge is 0.211 e. The van der Waals surface area contributed by atoms with Crippen molar-refractivity contribution in [2.45, 2.75) is 51.3 Å². The lowest BCUT2D eigenvalue weighted by Crippen LogP contribution is -2.46. The molecule has 5 heteroatoms. The number of nitriles is 1. The fourth-order valence-electron chi connectivity index (χ4n) is 2.13. The van der Waals surface area contributed by atoms with E-state index in [-0.39, 0.29) is 6.04 Å². The molecule has 16 heavy (non-hydrogen) atoms. The number of sulfonamides is 1.